The molecule has 4 heteroatoms. The average Bonchev–Trinajstić information content (AvgIpc) is 2.64. The van der Waals surface area contributed by atoms with E-state index in [2.05, 4.69) is 24.4 Å². The number of nitrogens with one attached hydrogen (secondary N) is 1. The molecule has 0 aliphatic rings. The van der Waals surface area contributed by atoms with Crippen LogP contribution >= 0.6 is 0 Å². The molecular weight excluding hydrogens is 310 g/mol. The molecule has 0 fully saturated rings. The van der Waals surface area contributed by atoms with Crippen molar-refractivity contribution in [1.82, 2.24) is 5.32 Å². The van der Waals surface area contributed by atoms with Crippen LogP contribution < -0.4 is 16.8 Å². The molecule has 4 nitrogen and oxygen atoms in total. The van der Waals surface area contributed by atoms with Crippen LogP contribution in [0.25, 0.3) is 10.8 Å². The van der Waals surface area contributed by atoms with Gasteiger partial charge in [0.2, 0.25) is 0 Å². The van der Waals surface area contributed by atoms with Crippen molar-refractivity contribution in [1.29, 1.82) is 0 Å². The molecule has 0 bridgehead atoms. The quantitative estimate of drug-likeness (QED) is 0.432. The van der Waals surface area contributed by atoms with Gasteiger partial charge in [-0.1, -0.05) is 56.2 Å². The van der Waals surface area contributed by atoms with Crippen LogP contribution in [0.5, 0.6) is 0 Å². The predicted octanol–water partition coefficient (Wildman–Crippen LogP) is 3.37. The molecule has 0 heterocycles. The number of unbranched alkanes of at least 4 members (excludes halogenated alkanes) is 2. The van der Waals surface area contributed by atoms with E-state index in [1.165, 1.54) is 0 Å². The fourth-order valence-corrected chi connectivity index (χ4v) is 3.11. The normalized spacial score (nSPS) is 12.4. The third-order valence-corrected chi connectivity index (χ3v) is 4.62. The van der Waals surface area contributed by atoms with E-state index >= 15 is 0 Å². The standard InChI is InChI=1S/C21H31N3O/c1-2-3-14-24-15-19-17-9-5-4-8-16(17)11-12-18(19)21(25)20(23)10-6-7-13-22/h4-5,8-9,11-12,20,24H,2-3,6-7,10,13-15,22-23H2,1H3/t20-/m0/s1. The maximum Gasteiger partial charge on any atom is 0.179 e. The number of Topliss-reactive ketones (excluding diaryl/α,β-unsaturated/α-hetero) is 1. The highest BCUT2D eigenvalue weighted by molar-refractivity contribution is 6.05. The molecular formula is C21H31N3O. The van der Waals surface area contributed by atoms with E-state index in [9.17, 15) is 4.79 Å². The highest BCUT2D eigenvalue weighted by atomic mass is 16.1. The van der Waals surface area contributed by atoms with Gasteiger partial charge >= 0.3 is 0 Å². The minimum Gasteiger partial charge on any atom is -0.330 e. The van der Waals surface area contributed by atoms with Crippen LogP contribution in [-0.2, 0) is 6.54 Å². The van der Waals surface area contributed by atoms with Crippen LogP contribution in [0, 0.1) is 0 Å². The van der Waals surface area contributed by atoms with Crippen molar-refractivity contribution >= 4 is 16.6 Å². The molecule has 0 saturated carbocycles. The Morgan fingerprint density at radius 2 is 1.92 bits per heavy atom. The second-order valence-electron chi connectivity index (χ2n) is 6.60. The Balaban J connectivity index is 2.25. The van der Waals surface area contributed by atoms with Gasteiger partial charge in [-0.3, -0.25) is 4.79 Å². The van der Waals surface area contributed by atoms with Gasteiger partial charge in [0.15, 0.2) is 5.78 Å². The molecule has 5 N–H and O–H groups in total. The summed E-state index contributed by atoms with van der Waals surface area (Å²) in [7, 11) is 0. The van der Waals surface area contributed by atoms with Crippen molar-refractivity contribution in [2.75, 3.05) is 13.1 Å². The van der Waals surface area contributed by atoms with E-state index in [4.69, 9.17) is 11.5 Å². The van der Waals surface area contributed by atoms with Gasteiger partial charge in [0, 0.05) is 12.1 Å². The Morgan fingerprint density at radius 3 is 2.68 bits per heavy atom. The molecule has 0 aliphatic heterocycles. The average molecular weight is 341 g/mol. The first-order chi connectivity index (χ1) is 12.2. The number of fused-ring (bicyclic) bond motifs is 1. The lowest BCUT2D eigenvalue weighted by atomic mass is 9.92. The number of rotatable bonds is 11. The first-order valence-electron chi connectivity index (χ1n) is 9.40. The number of carbonyl (C=O) groups is 1. The summed E-state index contributed by atoms with van der Waals surface area (Å²) in [6.45, 7) is 4.46. The lowest BCUT2D eigenvalue weighted by Gasteiger charge is -2.16. The van der Waals surface area contributed by atoms with Crippen LogP contribution in [0.4, 0.5) is 0 Å². The largest absolute Gasteiger partial charge is 0.330 e. The Morgan fingerprint density at radius 1 is 1.12 bits per heavy atom. The van der Waals surface area contributed by atoms with Crippen molar-refractivity contribution < 1.29 is 4.79 Å². The zero-order valence-electron chi connectivity index (χ0n) is 15.3. The topological polar surface area (TPSA) is 81.1 Å². The van der Waals surface area contributed by atoms with Gasteiger partial charge < -0.3 is 16.8 Å². The van der Waals surface area contributed by atoms with Gasteiger partial charge in [-0.25, -0.2) is 0 Å². The number of hydrogen-bond acceptors (Lipinski definition) is 4. The van der Waals surface area contributed by atoms with E-state index in [1.807, 2.05) is 24.3 Å². The molecule has 0 spiro atoms. The molecule has 2 rings (SSSR count). The van der Waals surface area contributed by atoms with Gasteiger partial charge in [-0.05, 0) is 48.7 Å². The number of nitrogens with two attached hydrogens (primary N) is 2. The Hall–Kier alpha value is -1.75. The van der Waals surface area contributed by atoms with Crippen LogP contribution in [0.3, 0.4) is 0 Å². The van der Waals surface area contributed by atoms with Crippen LogP contribution in [-0.4, -0.2) is 24.9 Å². The maximum atomic E-state index is 12.9. The van der Waals surface area contributed by atoms with Gasteiger partial charge in [-0.2, -0.15) is 0 Å². The first kappa shape index (κ1) is 19.6. The summed E-state index contributed by atoms with van der Waals surface area (Å²) in [5, 5.41) is 5.76. The van der Waals surface area contributed by atoms with Crippen LogP contribution in [0.15, 0.2) is 36.4 Å². The molecule has 0 aromatic heterocycles. The van der Waals surface area contributed by atoms with E-state index in [0.29, 0.717) is 19.5 Å². The number of carbonyl (C=O) groups excluding carboxylic acids is 1. The summed E-state index contributed by atoms with van der Waals surface area (Å²) in [6.07, 6.45) is 4.77. The molecule has 25 heavy (non-hydrogen) atoms. The molecule has 1 atom stereocenters. The van der Waals surface area contributed by atoms with E-state index in [-0.39, 0.29) is 5.78 Å². The first-order valence-corrected chi connectivity index (χ1v) is 9.40. The second-order valence-corrected chi connectivity index (χ2v) is 6.60. The molecule has 2 aromatic rings. The molecule has 136 valence electrons. The van der Waals surface area contributed by atoms with Gasteiger partial charge in [-0.15, -0.1) is 0 Å². The third kappa shape index (κ3) is 5.36. The fourth-order valence-electron chi connectivity index (χ4n) is 3.11. The van der Waals surface area contributed by atoms with Gasteiger partial charge in [0.1, 0.15) is 0 Å². The number of benzene rings is 2. The van der Waals surface area contributed by atoms with E-state index in [0.717, 1.165) is 54.1 Å². The zero-order chi connectivity index (χ0) is 18.1. The number of hydrogen-bond donors (Lipinski definition) is 3. The summed E-state index contributed by atoms with van der Waals surface area (Å²) in [5.74, 6) is 0.0371. The number of ketones is 1. The van der Waals surface area contributed by atoms with Crippen LogP contribution in [0.1, 0.15) is 54.9 Å². The lowest BCUT2D eigenvalue weighted by Crippen LogP contribution is -2.32. The highest BCUT2D eigenvalue weighted by Gasteiger charge is 2.20. The SMILES string of the molecule is CCCCNCc1c(C(=O)[C@@H](N)CCCCN)ccc2ccccc12. The van der Waals surface area contributed by atoms with E-state index < -0.39 is 6.04 Å². The molecule has 2 aromatic carbocycles. The second kappa shape index (κ2) is 10.3. The summed E-state index contributed by atoms with van der Waals surface area (Å²) in [5.41, 5.74) is 13.5. The van der Waals surface area contributed by atoms with Crippen molar-refractivity contribution in [2.45, 2.75) is 51.6 Å². The fraction of sp³-hybridized carbons (Fsp3) is 0.476. The summed E-state index contributed by atoms with van der Waals surface area (Å²) >= 11 is 0. The Kier molecular flexibility index (Phi) is 8.06. The summed E-state index contributed by atoms with van der Waals surface area (Å²) in [4.78, 5) is 12.9. The predicted molar refractivity (Wildman–Crippen MR) is 106 cm³/mol. The summed E-state index contributed by atoms with van der Waals surface area (Å²) < 4.78 is 0. The molecule has 0 saturated heterocycles. The van der Waals surface area contributed by atoms with Crippen molar-refractivity contribution in [3.63, 3.8) is 0 Å². The molecule has 0 radical (unpaired) electrons. The monoisotopic (exact) mass is 341 g/mol. The van der Waals surface area contributed by atoms with E-state index in [1.54, 1.807) is 0 Å². The van der Waals surface area contributed by atoms with Crippen molar-refractivity contribution in [3.05, 3.63) is 47.5 Å². The third-order valence-electron chi connectivity index (χ3n) is 4.62. The molecule has 0 unspecified atom stereocenters. The van der Waals surface area contributed by atoms with Gasteiger partial charge in [0.25, 0.3) is 0 Å². The highest BCUT2D eigenvalue weighted by Crippen LogP contribution is 2.24. The maximum absolute atomic E-state index is 12.9. The Bertz CT molecular complexity index is 684. The lowest BCUT2D eigenvalue weighted by molar-refractivity contribution is 0.0955. The van der Waals surface area contributed by atoms with Crippen molar-refractivity contribution in [2.24, 2.45) is 11.5 Å². The zero-order valence-corrected chi connectivity index (χ0v) is 15.3. The molecule has 0 amide bonds. The minimum absolute atomic E-state index is 0.0371. The Labute approximate surface area is 151 Å². The van der Waals surface area contributed by atoms with Gasteiger partial charge in [0.05, 0.1) is 6.04 Å². The molecule has 0 aliphatic carbocycles. The minimum atomic E-state index is -0.456. The van der Waals surface area contributed by atoms with Crippen molar-refractivity contribution in [3.8, 4) is 0 Å². The van der Waals surface area contributed by atoms with Crippen LogP contribution in [0.2, 0.25) is 0 Å². The smallest absolute Gasteiger partial charge is 0.179 e. The summed E-state index contributed by atoms with van der Waals surface area (Å²) in [6, 6.07) is 11.7.